The van der Waals surface area contributed by atoms with Crippen LogP contribution in [0.5, 0.6) is 0 Å². The molecule has 2 aliphatic rings. The predicted molar refractivity (Wildman–Crippen MR) is 76.7 cm³/mol. The fraction of sp³-hybridized carbons (Fsp3) is 0.714. The summed E-state index contributed by atoms with van der Waals surface area (Å²) in [5.74, 6) is 2.02. The average molecular weight is 261 g/mol. The zero-order chi connectivity index (χ0) is 13.6. The first-order valence-corrected chi connectivity index (χ1v) is 7.24. The summed E-state index contributed by atoms with van der Waals surface area (Å²) in [5, 5.41) is 12.3. The van der Waals surface area contributed by atoms with Gasteiger partial charge in [0, 0.05) is 19.6 Å². The van der Waals surface area contributed by atoms with Gasteiger partial charge in [0.2, 0.25) is 0 Å². The first kappa shape index (κ1) is 12.5. The minimum atomic E-state index is 0.139. The van der Waals surface area contributed by atoms with Crippen LogP contribution in [0, 0.1) is 18.3 Å². The van der Waals surface area contributed by atoms with Crippen LogP contribution in [0.2, 0.25) is 0 Å². The second-order valence-electron chi connectivity index (χ2n) is 5.92. The van der Waals surface area contributed by atoms with Crippen LogP contribution >= 0.6 is 0 Å². The van der Waals surface area contributed by atoms with Crippen molar-refractivity contribution in [2.24, 2.45) is 18.7 Å². The van der Waals surface area contributed by atoms with Crippen molar-refractivity contribution in [3.05, 3.63) is 11.3 Å². The fourth-order valence-electron chi connectivity index (χ4n) is 3.96. The van der Waals surface area contributed by atoms with Gasteiger partial charge in [0.1, 0.15) is 11.7 Å². The van der Waals surface area contributed by atoms with Gasteiger partial charge < -0.3 is 10.6 Å². The van der Waals surface area contributed by atoms with Crippen molar-refractivity contribution in [2.45, 2.75) is 45.1 Å². The number of fused-ring (bicyclic) bond motifs is 1. The highest BCUT2D eigenvalue weighted by Crippen LogP contribution is 2.40. The van der Waals surface area contributed by atoms with Crippen molar-refractivity contribution >= 4 is 11.7 Å². The maximum atomic E-state index is 7.82. The molecule has 1 saturated heterocycles. The monoisotopic (exact) mass is 261 g/mol. The largest absolute Gasteiger partial charge is 0.384 e. The Morgan fingerprint density at radius 1 is 1.32 bits per heavy atom. The number of aromatic nitrogens is 2. The Bertz CT molecular complexity index is 504. The number of aryl methyl sites for hydroxylation is 2. The Morgan fingerprint density at radius 3 is 2.79 bits per heavy atom. The van der Waals surface area contributed by atoms with E-state index in [-0.39, 0.29) is 5.84 Å². The van der Waals surface area contributed by atoms with Crippen LogP contribution in [-0.2, 0) is 7.05 Å². The predicted octanol–water partition coefficient (Wildman–Crippen LogP) is 1.78. The molecule has 0 radical (unpaired) electrons. The molecular weight excluding hydrogens is 238 g/mol. The summed E-state index contributed by atoms with van der Waals surface area (Å²) in [6, 6.07) is 0.627. The molecule has 19 heavy (non-hydrogen) atoms. The molecule has 2 atom stereocenters. The SMILES string of the molecule is Cc1nn(C)c(N2CCC3CCCCC32)c1C(=N)N. The normalized spacial score (nSPS) is 26.5. The van der Waals surface area contributed by atoms with Crippen LogP contribution in [0.3, 0.4) is 0 Å². The van der Waals surface area contributed by atoms with Gasteiger partial charge in [-0.3, -0.25) is 10.1 Å². The average Bonchev–Trinajstić information content (AvgIpc) is 2.89. The summed E-state index contributed by atoms with van der Waals surface area (Å²) < 4.78 is 1.91. The number of amidine groups is 1. The van der Waals surface area contributed by atoms with Crippen LogP contribution in [0.25, 0.3) is 0 Å². The minimum absolute atomic E-state index is 0.139. The molecule has 0 aromatic carbocycles. The van der Waals surface area contributed by atoms with Crippen LogP contribution in [0.4, 0.5) is 5.82 Å². The summed E-state index contributed by atoms with van der Waals surface area (Å²) in [7, 11) is 1.96. The van der Waals surface area contributed by atoms with Crippen LogP contribution in [-0.4, -0.2) is 28.2 Å². The van der Waals surface area contributed by atoms with E-state index in [0.29, 0.717) is 6.04 Å². The molecule has 2 heterocycles. The molecule has 3 N–H and O–H groups in total. The van der Waals surface area contributed by atoms with Gasteiger partial charge in [0.25, 0.3) is 0 Å². The number of anilines is 1. The van der Waals surface area contributed by atoms with E-state index in [1.165, 1.54) is 32.1 Å². The first-order chi connectivity index (χ1) is 9.09. The molecule has 1 aliphatic heterocycles. The molecule has 2 fully saturated rings. The zero-order valence-electron chi connectivity index (χ0n) is 11.8. The van der Waals surface area contributed by atoms with Crippen molar-refractivity contribution in [1.29, 1.82) is 5.41 Å². The van der Waals surface area contributed by atoms with E-state index in [1.807, 2.05) is 18.7 Å². The molecule has 2 unspecified atom stereocenters. The van der Waals surface area contributed by atoms with Gasteiger partial charge in [-0.05, 0) is 32.1 Å². The Balaban J connectivity index is 2.00. The summed E-state index contributed by atoms with van der Waals surface area (Å²) in [5.41, 5.74) is 7.46. The number of nitrogens with one attached hydrogen (secondary N) is 1. The summed E-state index contributed by atoms with van der Waals surface area (Å²) in [6.07, 6.45) is 6.59. The number of nitrogens with two attached hydrogens (primary N) is 1. The highest BCUT2D eigenvalue weighted by molar-refractivity contribution is 6.01. The molecule has 1 aliphatic carbocycles. The quantitative estimate of drug-likeness (QED) is 0.629. The maximum absolute atomic E-state index is 7.82. The lowest BCUT2D eigenvalue weighted by molar-refractivity contribution is 0.340. The fourth-order valence-corrected chi connectivity index (χ4v) is 3.96. The zero-order valence-corrected chi connectivity index (χ0v) is 11.8. The summed E-state index contributed by atoms with van der Waals surface area (Å²) in [4.78, 5) is 2.46. The van der Waals surface area contributed by atoms with Gasteiger partial charge in [-0.2, -0.15) is 5.10 Å². The van der Waals surface area contributed by atoms with Crippen molar-refractivity contribution < 1.29 is 0 Å². The third kappa shape index (κ3) is 1.91. The van der Waals surface area contributed by atoms with E-state index in [9.17, 15) is 0 Å². The van der Waals surface area contributed by atoms with Crippen LogP contribution in [0.1, 0.15) is 43.4 Å². The van der Waals surface area contributed by atoms with E-state index in [2.05, 4.69) is 10.00 Å². The third-order valence-electron chi connectivity index (χ3n) is 4.74. The molecule has 0 spiro atoms. The van der Waals surface area contributed by atoms with Crippen LogP contribution < -0.4 is 10.6 Å². The minimum Gasteiger partial charge on any atom is -0.384 e. The first-order valence-electron chi connectivity index (χ1n) is 7.24. The van der Waals surface area contributed by atoms with Gasteiger partial charge >= 0.3 is 0 Å². The topological polar surface area (TPSA) is 70.9 Å². The number of nitrogen functional groups attached to an aromatic ring is 1. The highest BCUT2D eigenvalue weighted by Gasteiger charge is 2.38. The lowest BCUT2D eigenvalue weighted by Gasteiger charge is -2.33. The van der Waals surface area contributed by atoms with Crippen molar-refractivity contribution in [3.63, 3.8) is 0 Å². The molecule has 1 aromatic heterocycles. The molecule has 0 bridgehead atoms. The standard InChI is InChI=1S/C14H23N5/c1-9-12(13(15)16)14(18(2)17-9)19-8-7-10-5-3-4-6-11(10)19/h10-11H,3-8H2,1-2H3,(H3,15,16). The van der Waals surface area contributed by atoms with E-state index in [0.717, 1.165) is 29.5 Å². The van der Waals surface area contributed by atoms with E-state index >= 15 is 0 Å². The van der Waals surface area contributed by atoms with Crippen molar-refractivity contribution in [3.8, 4) is 0 Å². The molecular formula is C14H23N5. The lowest BCUT2D eigenvalue weighted by atomic mass is 9.85. The van der Waals surface area contributed by atoms with E-state index < -0.39 is 0 Å². The molecule has 3 rings (SSSR count). The van der Waals surface area contributed by atoms with Gasteiger partial charge in [-0.15, -0.1) is 0 Å². The maximum Gasteiger partial charge on any atom is 0.138 e. The molecule has 5 heteroatoms. The molecule has 1 aromatic rings. The Hall–Kier alpha value is -1.52. The van der Waals surface area contributed by atoms with Gasteiger partial charge in [-0.25, -0.2) is 0 Å². The smallest absolute Gasteiger partial charge is 0.138 e. The second-order valence-corrected chi connectivity index (χ2v) is 5.92. The van der Waals surface area contributed by atoms with Crippen LogP contribution in [0.15, 0.2) is 0 Å². The molecule has 1 saturated carbocycles. The van der Waals surface area contributed by atoms with E-state index in [1.54, 1.807) is 0 Å². The van der Waals surface area contributed by atoms with Gasteiger partial charge in [0.15, 0.2) is 0 Å². The number of rotatable bonds is 2. The second kappa shape index (κ2) is 4.54. The Kier molecular flexibility index (Phi) is 2.99. The number of hydrogen-bond acceptors (Lipinski definition) is 3. The summed E-state index contributed by atoms with van der Waals surface area (Å²) in [6.45, 7) is 3.02. The summed E-state index contributed by atoms with van der Waals surface area (Å²) >= 11 is 0. The Morgan fingerprint density at radius 2 is 2.05 bits per heavy atom. The Labute approximate surface area is 114 Å². The number of nitrogens with zero attached hydrogens (tertiary/aromatic N) is 3. The third-order valence-corrected chi connectivity index (χ3v) is 4.74. The van der Waals surface area contributed by atoms with Crippen molar-refractivity contribution in [2.75, 3.05) is 11.4 Å². The lowest BCUT2D eigenvalue weighted by Crippen LogP contribution is -2.37. The molecule has 104 valence electrons. The number of hydrogen-bond donors (Lipinski definition) is 2. The molecule has 5 nitrogen and oxygen atoms in total. The van der Waals surface area contributed by atoms with Gasteiger partial charge in [0.05, 0.1) is 11.3 Å². The van der Waals surface area contributed by atoms with Gasteiger partial charge in [-0.1, -0.05) is 12.8 Å². The highest BCUT2D eigenvalue weighted by atomic mass is 15.4. The van der Waals surface area contributed by atoms with Crippen molar-refractivity contribution in [1.82, 2.24) is 9.78 Å². The molecule has 0 amide bonds. The van der Waals surface area contributed by atoms with E-state index in [4.69, 9.17) is 11.1 Å².